The number of rotatable bonds is 5. The van der Waals surface area contributed by atoms with Crippen molar-refractivity contribution in [3.8, 4) is 0 Å². The van der Waals surface area contributed by atoms with Crippen molar-refractivity contribution in [3.63, 3.8) is 0 Å². The lowest BCUT2D eigenvalue weighted by atomic mass is 9.99. The lowest BCUT2D eigenvalue weighted by Crippen LogP contribution is -2.23. The Balaban J connectivity index is 2.35. The molecule has 0 saturated carbocycles. The zero-order valence-electron chi connectivity index (χ0n) is 11.7. The molecule has 0 spiro atoms. The fourth-order valence-corrected chi connectivity index (χ4v) is 2.18. The summed E-state index contributed by atoms with van der Waals surface area (Å²) in [5.74, 6) is -0.396. The quantitative estimate of drug-likeness (QED) is 0.890. The van der Waals surface area contributed by atoms with E-state index in [1.54, 1.807) is 6.07 Å². The lowest BCUT2D eigenvalue weighted by molar-refractivity contribution is 0.584. The number of nitrogens with one attached hydrogen (secondary N) is 1. The Hall–Kier alpha value is -1.45. The van der Waals surface area contributed by atoms with E-state index < -0.39 is 5.82 Å². The van der Waals surface area contributed by atoms with Crippen LogP contribution in [0.25, 0.3) is 0 Å². The molecule has 2 aromatic rings. The minimum atomic E-state index is -0.396. The summed E-state index contributed by atoms with van der Waals surface area (Å²) in [5, 5.41) is 3.56. The van der Waals surface area contributed by atoms with Gasteiger partial charge in [0.25, 0.3) is 0 Å². The molecule has 0 aliphatic heterocycles. The van der Waals surface area contributed by atoms with E-state index in [1.165, 1.54) is 6.07 Å². The highest BCUT2D eigenvalue weighted by atomic mass is 35.5. The molecule has 0 aliphatic carbocycles. The summed E-state index contributed by atoms with van der Waals surface area (Å²) in [4.78, 5) is 4.31. The van der Waals surface area contributed by atoms with Gasteiger partial charge in [0.05, 0.1) is 11.1 Å². The first kappa shape index (κ1) is 14.9. The molecule has 0 radical (unpaired) electrons. The van der Waals surface area contributed by atoms with Crippen LogP contribution in [0.15, 0.2) is 36.5 Å². The fourth-order valence-electron chi connectivity index (χ4n) is 2.06. The number of aromatic nitrogens is 1. The van der Waals surface area contributed by atoms with Crippen molar-refractivity contribution >= 4 is 11.6 Å². The van der Waals surface area contributed by atoms with Crippen LogP contribution in [0.4, 0.5) is 4.39 Å². The van der Waals surface area contributed by atoms with E-state index in [9.17, 15) is 4.39 Å². The molecule has 1 atom stereocenters. The molecule has 4 heteroatoms. The average Bonchev–Trinajstić information content (AvgIpc) is 2.45. The largest absolute Gasteiger partial charge is 0.306 e. The van der Waals surface area contributed by atoms with Gasteiger partial charge in [-0.05, 0) is 49.2 Å². The van der Waals surface area contributed by atoms with Crippen molar-refractivity contribution in [2.75, 3.05) is 6.54 Å². The van der Waals surface area contributed by atoms with E-state index in [4.69, 9.17) is 11.6 Å². The highest BCUT2D eigenvalue weighted by molar-refractivity contribution is 6.30. The van der Waals surface area contributed by atoms with Gasteiger partial charge in [-0.2, -0.15) is 0 Å². The van der Waals surface area contributed by atoms with Crippen LogP contribution in [0.5, 0.6) is 0 Å². The molecule has 0 bridgehead atoms. The van der Waals surface area contributed by atoms with Crippen LogP contribution in [-0.2, 0) is 0 Å². The van der Waals surface area contributed by atoms with Gasteiger partial charge in [-0.3, -0.25) is 4.98 Å². The molecule has 0 saturated heterocycles. The maximum atomic E-state index is 13.7. The van der Waals surface area contributed by atoms with Crippen LogP contribution in [0.1, 0.15) is 36.2 Å². The molecular formula is C16H18ClFN2. The Morgan fingerprint density at radius 2 is 2.00 bits per heavy atom. The first-order valence-corrected chi connectivity index (χ1v) is 7.10. The fraction of sp³-hybridized carbons (Fsp3) is 0.312. The Morgan fingerprint density at radius 1 is 1.25 bits per heavy atom. The second kappa shape index (κ2) is 6.82. The van der Waals surface area contributed by atoms with Gasteiger partial charge < -0.3 is 5.32 Å². The predicted molar refractivity (Wildman–Crippen MR) is 80.5 cm³/mol. The number of halogens is 2. The third-order valence-electron chi connectivity index (χ3n) is 3.14. The summed E-state index contributed by atoms with van der Waals surface area (Å²) in [6.45, 7) is 4.89. The van der Waals surface area contributed by atoms with E-state index >= 15 is 0 Å². The van der Waals surface area contributed by atoms with E-state index in [2.05, 4.69) is 17.2 Å². The van der Waals surface area contributed by atoms with Gasteiger partial charge in [0, 0.05) is 11.9 Å². The summed E-state index contributed by atoms with van der Waals surface area (Å²) in [7, 11) is 0. The highest BCUT2D eigenvalue weighted by Gasteiger charge is 2.15. The van der Waals surface area contributed by atoms with Crippen LogP contribution >= 0.6 is 11.6 Å². The summed E-state index contributed by atoms with van der Waals surface area (Å²) in [5.41, 5.74) is 2.84. The molecule has 0 aliphatic rings. The zero-order valence-corrected chi connectivity index (χ0v) is 12.4. The molecule has 2 nitrogen and oxygen atoms in total. The van der Waals surface area contributed by atoms with Crippen LogP contribution in [0.3, 0.4) is 0 Å². The topological polar surface area (TPSA) is 24.9 Å². The van der Waals surface area contributed by atoms with E-state index in [-0.39, 0.29) is 11.1 Å². The minimum Gasteiger partial charge on any atom is -0.306 e. The SMILES string of the molecule is CCCNC(c1ccc(C)nc1)c1ccc(Cl)c(F)c1. The smallest absolute Gasteiger partial charge is 0.142 e. The van der Waals surface area contributed by atoms with E-state index in [0.29, 0.717) is 0 Å². The average molecular weight is 293 g/mol. The maximum Gasteiger partial charge on any atom is 0.142 e. The molecule has 1 unspecified atom stereocenters. The van der Waals surface area contributed by atoms with Gasteiger partial charge in [-0.15, -0.1) is 0 Å². The van der Waals surface area contributed by atoms with Crippen molar-refractivity contribution < 1.29 is 4.39 Å². The van der Waals surface area contributed by atoms with Crippen LogP contribution in [0.2, 0.25) is 5.02 Å². The van der Waals surface area contributed by atoms with Gasteiger partial charge in [0.15, 0.2) is 0 Å². The second-order valence-corrected chi connectivity index (χ2v) is 5.20. The predicted octanol–water partition coefficient (Wildman–Crippen LogP) is 4.27. The standard InChI is InChI=1S/C16H18ClFN2/c1-3-8-19-16(13-5-4-11(2)20-10-13)12-6-7-14(17)15(18)9-12/h4-7,9-10,16,19H,3,8H2,1-2H3. The third kappa shape index (κ3) is 3.56. The molecular weight excluding hydrogens is 275 g/mol. The van der Waals surface area contributed by atoms with Crippen LogP contribution < -0.4 is 5.32 Å². The van der Waals surface area contributed by atoms with Crippen molar-refractivity contribution in [3.05, 3.63) is 64.2 Å². The Morgan fingerprint density at radius 3 is 2.60 bits per heavy atom. The van der Waals surface area contributed by atoms with Gasteiger partial charge in [0.1, 0.15) is 5.82 Å². The molecule has 2 rings (SSSR count). The maximum absolute atomic E-state index is 13.7. The monoisotopic (exact) mass is 292 g/mol. The number of benzene rings is 1. The van der Waals surface area contributed by atoms with Gasteiger partial charge in [0.2, 0.25) is 0 Å². The number of aryl methyl sites for hydroxylation is 1. The summed E-state index contributed by atoms with van der Waals surface area (Å²) < 4.78 is 13.7. The van der Waals surface area contributed by atoms with Crippen LogP contribution in [0, 0.1) is 12.7 Å². The zero-order chi connectivity index (χ0) is 14.5. The van der Waals surface area contributed by atoms with Crippen molar-refractivity contribution in [2.24, 2.45) is 0 Å². The van der Waals surface area contributed by atoms with E-state index in [0.717, 1.165) is 29.8 Å². The summed E-state index contributed by atoms with van der Waals surface area (Å²) in [6.07, 6.45) is 2.83. The molecule has 0 amide bonds. The Bertz CT molecular complexity index is 569. The third-order valence-corrected chi connectivity index (χ3v) is 3.45. The lowest BCUT2D eigenvalue weighted by Gasteiger charge is -2.19. The number of hydrogen-bond donors (Lipinski definition) is 1. The first-order chi connectivity index (χ1) is 9.61. The molecule has 106 valence electrons. The molecule has 0 fully saturated rings. The number of hydrogen-bond acceptors (Lipinski definition) is 2. The Kier molecular flexibility index (Phi) is 5.10. The molecule has 1 aromatic carbocycles. The highest BCUT2D eigenvalue weighted by Crippen LogP contribution is 2.25. The van der Waals surface area contributed by atoms with Gasteiger partial charge in [-0.25, -0.2) is 4.39 Å². The molecule has 1 N–H and O–H groups in total. The van der Waals surface area contributed by atoms with Crippen molar-refractivity contribution in [1.29, 1.82) is 0 Å². The van der Waals surface area contributed by atoms with Gasteiger partial charge in [-0.1, -0.05) is 30.7 Å². The molecule has 20 heavy (non-hydrogen) atoms. The minimum absolute atomic E-state index is 0.0742. The molecule has 1 aromatic heterocycles. The van der Waals surface area contributed by atoms with Crippen molar-refractivity contribution in [1.82, 2.24) is 10.3 Å². The molecule has 1 heterocycles. The number of pyridine rings is 1. The second-order valence-electron chi connectivity index (χ2n) is 4.79. The normalized spacial score (nSPS) is 12.4. The Labute approximate surface area is 124 Å². The number of nitrogens with zero attached hydrogens (tertiary/aromatic N) is 1. The van der Waals surface area contributed by atoms with Gasteiger partial charge >= 0.3 is 0 Å². The van der Waals surface area contributed by atoms with E-state index in [1.807, 2.05) is 31.3 Å². The first-order valence-electron chi connectivity index (χ1n) is 6.72. The van der Waals surface area contributed by atoms with Crippen LogP contribution in [-0.4, -0.2) is 11.5 Å². The van der Waals surface area contributed by atoms with Crippen molar-refractivity contribution in [2.45, 2.75) is 26.3 Å². The summed E-state index contributed by atoms with van der Waals surface area (Å²) >= 11 is 5.75. The summed E-state index contributed by atoms with van der Waals surface area (Å²) in [6, 6.07) is 8.82.